The van der Waals surface area contributed by atoms with Crippen LogP contribution in [0.3, 0.4) is 0 Å². The maximum atomic E-state index is 7.32. The van der Waals surface area contributed by atoms with E-state index in [-0.39, 0.29) is 5.84 Å². The minimum Gasteiger partial charge on any atom is -0.494 e. The Balaban J connectivity index is 2.31. The molecule has 0 bridgehead atoms. The number of nitrogens with one attached hydrogen (secondary N) is 1. The van der Waals surface area contributed by atoms with Gasteiger partial charge < -0.3 is 10.5 Å². The van der Waals surface area contributed by atoms with Crippen LogP contribution in [0.2, 0.25) is 0 Å². The molecular weight excluding hydrogens is 234 g/mol. The molecule has 1 heterocycles. The quantitative estimate of drug-likeness (QED) is 0.644. The first-order valence-corrected chi connectivity index (χ1v) is 6.12. The van der Waals surface area contributed by atoms with E-state index in [1.165, 1.54) is 11.3 Å². The van der Waals surface area contributed by atoms with Crippen molar-refractivity contribution in [1.82, 2.24) is 4.98 Å². The van der Waals surface area contributed by atoms with E-state index in [9.17, 15) is 0 Å². The van der Waals surface area contributed by atoms with Gasteiger partial charge in [0.1, 0.15) is 22.3 Å². The van der Waals surface area contributed by atoms with Gasteiger partial charge in [0.05, 0.1) is 6.61 Å². The van der Waals surface area contributed by atoms with Gasteiger partial charge in [-0.05, 0) is 19.1 Å². The Hall–Kier alpha value is -1.88. The molecular formula is C12H13N3OS. The molecule has 0 saturated carbocycles. The second-order valence-corrected chi connectivity index (χ2v) is 4.27. The topological polar surface area (TPSA) is 72.0 Å². The third-order valence-electron chi connectivity index (χ3n) is 2.17. The Morgan fingerprint density at radius 1 is 1.53 bits per heavy atom. The number of ether oxygens (including phenoxy) is 1. The summed E-state index contributed by atoms with van der Waals surface area (Å²) < 4.78 is 5.43. The molecule has 1 aromatic heterocycles. The van der Waals surface area contributed by atoms with E-state index >= 15 is 0 Å². The van der Waals surface area contributed by atoms with Crippen LogP contribution in [0.5, 0.6) is 5.75 Å². The van der Waals surface area contributed by atoms with Crippen LogP contribution in [0.25, 0.3) is 10.6 Å². The SMILES string of the molecule is CCOc1cccc(-c2nc(C(=N)N)cs2)c1. The molecule has 0 fully saturated rings. The molecule has 0 aliphatic rings. The van der Waals surface area contributed by atoms with Crippen molar-refractivity contribution in [1.29, 1.82) is 5.41 Å². The fraction of sp³-hybridized carbons (Fsp3) is 0.167. The van der Waals surface area contributed by atoms with Crippen molar-refractivity contribution in [3.05, 3.63) is 35.3 Å². The van der Waals surface area contributed by atoms with E-state index in [1.807, 2.05) is 31.2 Å². The maximum Gasteiger partial charge on any atom is 0.142 e. The van der Waals surface area contributed by atoms with Crippen LogP contribution in [-0.4, -0.2) is 17.4 Å². The molecule has 0 atom stereocenters. The molecule has 0 aliphatic heterocycles. The highest BCUT2D eigenvalue weighted by Gasteiger charge is 2.07. The summed E-state index contributed by atoms with van der Waals surface area (Å²) in [6, 6.07) is 7.74. The molecule has 5 heteroatoms. The third-order valence-corrected chi connectivity index (χ3v) is 3.06. The summed E-state index contributed by atoms with van der Waals surface area (Å²) in [7, 11) is 0. The van der Waals surface area contributed by atoms with Crippen LogP contribution in [0, 0.1) is 5.41 Å². The summed E-state index contributed by atoms with van der Waals surface area (Å²) in [5.74, 6) is 0.818. The summed E-state index contributed by atoms with van der Waals surface area (Å²) in [5, 5.41) is 9.94. The Morgan fingerprint density at radius 3 is 3.00 bits per heavy atom. The number of nitrogens with zero attached hydrogens (tertiary/aromatic N) is 1. The van der Waals surface area contributed by atoms with Gasteiger partial charge in [-0.25, -0.2) is 4.98 Å². The minimum atomic E-state index is -0.00605. The van der Waals surface area contributed by atoms with E-state index in [4.69, 9.17) is 15.9 Å². The van der Waals surface area contributed by atoms with Gasteiger partial charge in [-0.2, -0.15) is 0 Å². The molecule has 0 aliphatic carbocycles. The Labute approximate surface area is 104 Å². The van der Waals surface area contributed by atoms with Crippen molar-refractivity contribution in [2.24, 2.45) is 5.73 Å². The van der Waals surface area contributed by atoms with Gasteiger partial charge in [-0.3, -0.25) is 5.41 Å². The molecule has 0 unspecified atom stereocenters. The van der Waals surface area contributed by atoms with E-state index in [2.05, 4.69) is 4.98 Å². The molecule has 4 nitrogen and oxygen atoms in total. The molecule has 3 N–H and O–H groups in total. The maximum absolute atomic E-state index is 7.32. The van der Waals surface area contributed by atoms with Gasteiger partial charge in [-0.15, -0.1) is 11.3 Å². The molecule has 1 aromatic carbocycles. The van der Waals surface area contributed by atoms with Crippen LogP contribution in [-0.2, 0) is 0 Å². The summed E-state index contributed by atoms with van der Waals surface area (Å²) >= 11 is 1.47. The average Bonchev–Trinajstić information content (AvgIpc) is 2.79. The van der Waals surface area contributed by atoms with Crippen LogP contribution in [0.15, 0.2) is 29.6 Å². The van der Waals surface area contributed by atoms with Crippen LogP contribution < -0.4 is 10.5 Å². The number of hydrogen-bond donors (Lipinski definition) is 2. The summed E-state index contributed by atoms with van der Waals surface area (Å²) in [5.41, 5.74) is 6.89. The number of thiazole rings is 1. The molecule has 0 saturated heterocycles. The predicted octanol–water partition coefficient (Wildman–Crippen LogP) is 2.49. The smallest absolute Gasteiger partial charge is 0.142 e. The second kappa shape index (κ2) is 4.97. The van der Waals surface area contributed by atoms with Crippen molar-refractivity contribution in [3.8, 4) is 16.3 Å². The Bertz CT molecular complexity index is 536. The zero-order valence-corrected chi connectivity index (χ0v) is 10.3. The summed E-state index contributed by atoms with van der Waals surface area (Å²) in [6.45, 7) is 2.59. The average molecular weight is 247 g/mol. The lowest BCUT2D eigenvalue weighted by Crippen LogP contribution is -2.11. The predicted molar refractivity (Wildman–Crippen MR) is 69.7 cm³/mol. The number of amidine groups is 1. The summed E-state index contributed by atoms with van der Waals surface area (Å²) in [6.07, 6.45) is 0. The molecule has 2 aromatic rings. The summed E-state index contributed by atoms with van der Waals surface area (Å²) in [4.78, 5) is 4.29. The second-order valence-electron chi connectivity index (χ2n) is 3.41. The lowest BCUT2D eigenvalue weighted by molar-refractivity contribution is 0.340. The highest BCUT2D eigenvalue weighted by molar-refractivity contribution is 7.13. The number of hydrogen-bond acceptors (Lipinski definition) is 4. The van der Waals surface area contributed by atoms with Crippen molar-refractivity contribution in [2.75, 3.05) is 6.61 Å². The zero-order chi connectivity index (χ0) is 12.3. The third kappa shape index (κ3) is 2.62. The van der Waals surface area contributed by atoms with E-state index in [0.29, 0.717) is 12.3 Å². The Kier molecular flexibility index (Phi) is 3.39. The van der Waals surface area contributed by atoms with Gasteiger partial charge in [0, 0.05) is 10.9 Å². The molecule has 88 valence electrons. The zero-order valence-electron chi connectivity index (χ0n) is 9.43. The van der Waals surface area contributed by atoms with Gasteiger partial charge in [0.15, 0.2) is 0 Å². The van der Waals surface area contributed by atoms with E-state index in [1.54, 1.807) is 5.38 Å². The molecule has 17 heavy (non-hydrogen) atoms. The van der Waals surface area contributed by atoms with E-state index < -0.39 is 0 Å². The lowest BCUT2D eigenvalue weighted by Gasteiger charge is -2.03. The minimum absolute atomic E-state index is 0.00605. The van der Waals surface area contributed by atoms with Crippen molar-refractivity contribution < 1.29 is 4.74 Å². The Morgan fingerprint density at radius 2 is 2.35 bits per heavy atom. The first-order valence-electron chi connectivity index (χ1n) is 5.24. The normalized spacial score (nSPS) is 10.2. The molecule has 0 spiro atoms. The number of rotatable bonds is 4. The molecule has 2 rings (SSSR count). The number of aromatic nitrogens is 1. The van der Waals surface area contributed by atoms with Crippen molar-refractivity contribution in [2.45, 2.75) is 6.92 Å². The lowest BCUT2D eigenvalue weighted by atomic mass is 10.2. The van der Waals surface area contributed by atoms with E-state index in [0.717, 1.165) is 16.3 Å². The molecule has 0 amide bonds. The van der Waals surface area contributed by atoms with Crippen LogP contribution in [0.1, 0.15) is 12.6 Å². The van der Waals surface area contributed by atoms with Gasteiger partial charge in [0.2, 0.25) is 0 Å². The van der Waals surface area contributed by atoms with Crippen molar-refractivity contribution in [3.63, 3.8) is 0 Å². The van der Waals surface area contributed by atoms with Gasteiger partial charge in [0.25, 0.3) is 0 Å². The number of nitrogens with two attached hydrogens (primary N) is 1. The highest BCUT2D eigenvalue weighted by atomic mass is 32.1. The van der Waals surface area contributed by atoms with Crippen LogP contribution in [0.4, 0.5) is 0 Å². The first-order chi connectivity index (χ1) is 8.20. The standard InChI is InChI=1S/C12H13N3OS/c1-2-16-9-5-3-4-8(6-9)12-15-10(7-17-12)11(13)14/h3-7H,2H2,1H3,(H3,13,14). The highest BCUT2D eigenvalue weighted by Crippen LogP contribution is 2.26. The first kappa shape index (κ1) is 11.6. The number of nitrogen functional groups attached to an aromatic ring is 1. The van der Waals surface area contributed by atoms with Crippen molar-refractivity contribution >= 4 is 17.2 Å². The van der Waals surface area contributed by atoms with Gasteiger partial charge >= 0.3 is 0 Å². The largest absolute Gasteiger partial charge is 0.494 e. The fourth-order valence-corrected chi connectivity index (χ4v) is 2.23. The van der Waals surface area contributed by atoms with Crippen LogP contribution >= 0.6 is 11.3 Å². The monoisotopic (exact) mass is 247 g/mol. The fourth-order valence-electron chi connectivity index (χ4n) is 1.42. The van der Waals surface area contributed by atoms with Gasteiger partial charge in [-0.1, -0.05) is 12.1 Å². The molecule has 0 radical (unpaired) electrons. The number of benzene rings is 1.